The molecule has 2 aromatic heterocycles. The minimum atomic E-state index is -3.91. The number of aromatic nitrogens is 2. The van der Waals surface area contributed by atoms with Crippen LogP contribution in [0.2, 0.25) is 5.02 Å². The van der Waals surface area contributed by atoms with Crippen molar-refractivity contribution in [3.05, 3.63) is 68.3 Å². The summed E-state index contributed by atoms with van der Waals surface area (Å²) >= 11 is 7.49. The number of fused-ring (bicyclic) bond motifs is 1. The van der Waals surface area contributed by atoms with E-state index < -0.39 is 20.9 Å². The van der Waals surface area contributed by atoms with Crippen LogP contribution in [-0.2, 0) is 28.4 Å². The number of halogens is 1. The minimum absolute atomic E-state index is 0.0721. The number of aryl methyl sites for hydroxylation is 2. The first-order chi connectivity index (χ1) is 15.3. The third kappa shape index (κ3) is 4.39. The van der Waals surface area contributed by atoms with E-state index >= 15 is 0 Å². The number of anilines is 1. The second-order valence-electron chi connectivity index (χ2n) is 7.52. The molecule has 3 aromatic rings. The Morgan fingerprint density at radius 1 is 1.28 bits per heavy atom. The van der Waals surface area contributed by atoms with Crippen molar-refractivity contribution in [3.8, 4) is 6.07 Å². The van der Waals surface area contributed by atoms with Crippen LogP contribution in [0.5, 0.6) is 0 Å². The Hall–Kier alpha value is -2.80. The first-order valence-corrected chi connectivity index (χ1v) is 12.8. The van der Waals surface area contributed by atoms with Gasteiger partial charge in [0.15, 0.2) is 5.69 Å². The largest absolute Gasteiger partial charge is 0.311 e. The van der Waals surface area contributed by atoms with Crippen LogP contribution in [0, 0.1) is 18.3 Å². The highest BCUT2D eigenvalue weighted by atomic mass is 35.5. The van der Waals surface area contributed by atoms with Gasteiger partial charge in [0.25, 0.3) is 5.91 Å². The number of thiophene rings is 1. The summed E-state index contributed by atoms with van der Waals surface area (Å²) in [7, 11) is -3.91. The smallest absolute Gasteiger partial charge is 0.276 e. The Morgan fingerprint density at radius 3 is 2.78 bits per heavy atom. The van der Waals surface area contributed by atoms with Gasteiger partial charge in [0.05, 0.1) is 22.5 Å². The fourth-order valence-electron chi connectivity index (χ4n) is 3.64. The fourth-order valence-corrected chi connectivity index (χ4v) is 6.35. The molecule has 0 unspecified atom stereocenters. The molecule has 0 saturated carbocycles. The molecule has 164 valence electrons. The Morgan fingerprint density at radius 2 is 2.03 bits per heavy atom. The van der Waals surface area contributed by atoms with Crippen LogP contribution >= 0.6 is 22.9 Å². The van der Waals surface area contributed by atoms with Gasteiger partial charge in [0.1, 0.15) is 11.1 Å². The Bertz CT molecular complexity index is 1360. The minimum Gasteiger partial charge on any atom is -0.311 e. The first-order valence-electron chi connectivity index (χ1n) is 9.96. The molecule has 4 rings (SSSR count). The summed E-state index contributed by atoms with van der Waals surface area (Å²) < 4.78 is 25.8. The van der Waals surface area contributed by atoms with E-state index in [1.807, 2.05) is 19.1 Å². The summed E-state index contributed by atoms with van der Waals surface area (Å²) in [6, 6.07) is 9.30. The highest BCUT2D eigenvalue weighted by molar-refractivity contribution is 7.90. The molecule has 10 heteroatoms. The molecule has 0 radical (unpaired) electrons. The van der Waals surface area contributed by atoms with E-state index in [2.05, 4.69) is 21.4 Å². The van der Waals surface area contributed by atoms with Crippen LogP contribution in [0.3, 0.4) is 0 Å². The zero-order valence-electron chi connectivity index (χ0n) is 17.2. The molecular formula is C22H19ClN4O3S2. The average Bonchev–Trinajstić information content (AvgIpc) is 3.12. The van der Waals surface area contributed by atoms with Gasteiger partial charge in [-0.25, -0.2) is 18.4 Å². The lowest BCUT2D eigenvalue weighted by atomic mass is 9.96. The molecule has 0 saturated heterocycles. The maximum atomic E-state index is 12.9. The average molecular weight is 487 g/mol. The van der Waals surface area contributed by atoms with Gasteiger partial charge < -0.3 is 5.32 Å². The van der Waals surface area contributed by atoms with E-state index in [0.717, 1.165) is 47.9 Å². The van der Waals surface area contributed by atoms with Gasteiger partial charge in [-0.1, -0.05) is 35.9 Å². The number of hydrogen-bond acceptors (Lipinski definition) is 7. The van der Waals surface area contributed by atoms with Crippen LogP contribution in [-0.4, -0.2) is 24.3 Å². The molecule has 1 aromatic carbocycles. The van der Waals surface area contributed by atoms with Gasteiger partial charge in [-0.3, -0.25) is 4.79 Å². The highest BCUT2D eigenvalue weighted by Gasteiger charge is 2.26. The predicted molar refractivity (Wildman–Crippen MR) is 123 cm³/mol. The number of nitrogens with one attached hydrogen (secondary N) is 1. The molecule has 0 spiro atoms. The van der Waals surface area contributed by atoms with Gasteiger partial charge in [-0.2, -0.15) is 5.26 Å². The second kappa shape index (κ2) is 8.98. The molecule has 7 nitrogen and oxygen atoms in total. The Balaban J connectivity index is 1.63. The number of rotatable bonds is 5. The van der Waals surface area contributed by atoms with E-state index in [0.29, 0.717) is 16.1 Å². The molecule has 0 atom stereocenters. The lowest BCUT2D eigenvalue weighted by Gasteiger charge is -2.09. The number of sulfone groups is 1. The monoisotopic (exact) mass is 486 g/mol. The summed E-state index contributed by atoms with van der Waals surface area (Å²) in [6.45, 7) is 1.82. The quantitative estimate of drug-likeness (QED) is 0.532. The Labute approximate surface area is 195 Å². The number of carbonyl (C=O) groups excluding carboxylic acids is 1. The van der Waals surface area contributed by atoms with Crippen molar-refractivity contribution in [2.75, 3.05) is 5.32 Å². The van der Waals surface area contributed by atoms with E-state index in [1.54, 1.807) is 12.1 Å². The summed E-state index contributed by atoms with van der Waals surface area (Å²) in [5, 5.41) is 12.2. The molecule has 1 amide bonds. The summed E-state index contributed by atoms with van der Waals surface area (Å²) in [6.07, 6.45) is 4.84. The van der Waals surface area contributed by atoms with E-state index in [4.69, 9.17) is 11.6 Å². The Kier molecular flexibility index (Phi) is 6.29. The summed E-state index contributed by atoms with van der Waals surface area (Å²) in [5.74, 6) is -0.974. The topological polar surface area (TPSA) is 113 Å². The number of benzene rings is 1. The van der Waals surface area contributed by atoms with Crippen LogP contribution in [0.4, 0.5) is 5.00 Å². The molecule has 32 heavy (non-hydrogen) atoms. The van der Waals surface area contributed by atoms with Crippen molar-refractivity contribution in [3.63, 3.8) is 0 Å². The third-order valence-corrected chi connectivity index (χ3v) is 8.26. The zero-order valence-corrected chi connectivity index (χ0v) is 19.6. The van der Waals surface area contributed by atoms with E-state index in [9.17, 15) is 18.5 Å². The lowest BCUT2D eigenvalue weighted by Crippen LogP contribution is -2.18. The predicted octanol–water partition coefficient (Wildman–Crippen LogP) is 4.48. The maximum absolute atomic E-state index is 12.9. The molecular weight excluding hydrogens is 468 g/mol. The van der Waals surface area contributed by atoms with Crippen LogP contribution in [0.1, 0.15) is 50.5 Å². The standard InChI is InChI=1S/C22H19ClN4O3S2/c1-13-6-2-3-7-14(13)12-32(29,30)22-25-11-17(23)19(26-22)20(28)27-21-16(10-24)15-8-4-5-9-18(15)31-21/h2-3,6-7,11H,4-5,8-9,12H2,1H3,(H,27,28). The van der Waals surface area contributed by atoms with Crippen LogP contribution in [0.15, 0.2) is 35.6 Å². The zero-order chi connectivity index (χ0) is 22.9. The molecule has 0 fully saturated rings. The van der Waals surface area contributed by atoms with E-state index in [1.165, 1.54) is 11.3 Å². The number of nitriles is 1. The normalized spacial score (nSPS) is 13.3. The van der Waals surface area contributed by atoms with Gasteiger partial charge in [-0.15, -0.1) is 11.3 Å². The summed E-state index contributed by atoms with van der Waals surface area (Å²) in [4.78, 5) is 21.9. The molecule has 0 aliphatic heterocycles. The van der Waals surface area contributed by atoms with Crippen molar-refractivity contribution in [2.45, 2.75) is 43.5 Å². The van der Waals surface area contributed by atoms with Crippen molar-refractivity contribution in [2.24, 2.45) is 0 Å². The van der Waals surface area contributed by atoms with Gasteiger partial charge >= 0.3 is 0 Å². The first kappa shape index (κ1) is 22.4. The number of hydrogen-bond donors (Lipinski definition) is 1. The number of carbonyl (C=O) groups is 1. The summed E-state index contributed by atoms with van der Waals surface area (Å²) in [5.41, 5.74) is 2.64. The number of nitrogens with zero attached hydrogens (tertiary/aromatic N) is 3. The van der Waals surface area contributed by atoms with Gasteiger partial charge in [0, 0.05) is 4.88 Å². The molecule has 1 aliphatic carbocycles. The van der Waals surface area contributed by atoms with Gasteiger partial charge in [-0.05, 0) is 49.3 Å². The molecule has 2 heterocycles. The van der Waals surface area contributed by atoms with Crippen molar-refractivity contribution in [1.29, 1.82) is 5.26 Å². The highest BCUT2D eigenvalue weighted by Crippen LogP contribution is 2.38. The van der Waals surface area contributed by atoms with Crippen LogP contribution < -0.4 is 5.32 Å². The molecule has 0 bridgehead atoms. The molecule has 1 aliphatic rings. The van der Waals surface area contributed by atoms with Crippen molar-refractivity contribution >= 4 is 43.7 Å². The van der Waals surface area contributed by atoms with E-state index in [-0.39, 0.29) is 16.5 Å². The molecule has 1 N–H and O–H groups in total. The van der Waals surface area contributed by atoms with Crippen molar-refractivity contribution < 1.29 is 13.2 Å². The fraction of sp³-hybridized carbons (Fsp3) is 0.273. The lowest BCUT2D eigenvalue weighted by molar-refractivity contribution is 0.102. The number of amides is 1. The van der Waals surface area contributed by atoms with Crippen molar-refractivity contribution in [1.82, 2.24) is 9.97 Å². The second-order valence-corrected chi connectivity index (χ2v) is 10.9. The SMILES string of the molecule is Cc1ccccc1CS(=O)(=O)c1ncc(Cl)c(C(=O)Nc2sc3c(c2C#N)CCCC3)n1. The van der Waals surface area contributed by atoms with Crippen LogP contribution in [0.25, 0.3) is 0 Å². The third-order valence-electron chi connectivity index (χ3n) is 5.33. The maximum Gasteiger partial charge on any atom is 0.276 e. The van der Waals surface area contributed by atoms with Gasteiger partial charge in [0.2, 0.25) is 15.0 Å².